The van der Waals surface area contributed by atoms with E-state index >= 15 is 0 Å². The van der Waals surface area contributed by atoms with Crippen molar-refractivity contribution in [2.45, 2.75) is 19.6 Å². The molecule has 12 heteroatoms. The van der Waals surface area contributed by atoms with E-state index in [1.165, 1.54) is 19.3 Å². The van der Waals surface area contributed by atoms with Crippen LogP contribution in [-0.2, 0) is 24.6 Å². The monoisotopic (exact) mass is 441 g/mol. The molecule has 1 amide bonds. The van der Waals surface area contributed by atoms with Crippen molar-refractivity contribution in [2.24, 2.45) is 7.05 Å². The molecule has 8 nitrogen and oxygen atoms in total. The normalized spacial score (nSPS) is 11.5. The van der Waals surface area contributed by atoms with Crippen LogP contribution < -0.4 is 16.6 Å². The van der Waals surface area contributed by atoms with Crippen molar-refractivity contribution < 1.29 is 18.0 Å². The van der Waals surface area contributed by atoms with Gasteiger partial charge in [-0.2, -0.15) is 18.3 Å². The second-order valence-electron chi connectivity index (χ2n) is 6.42. The van der Waals surface area contributed by atoms with Gasteiger partial charge in [-0.15, -0.1) is 0 Å². The second kappa shape index (κ2) is 7.82. The van der Waals surface area contributed by atoms with Gasteiger partial charge in [-0.1, -0.05) is 11.6 Å². The highest BCUT2D eigenvalue weighted by Crippen LogP contribution is 2.34. The molecule has 158 valence electrons. The number of carbonyl (C=O) groups excluding carboxylic acids is 1. The van der Waals surface area contributed by atoms with Gasteiger partial charge in [0, 0.05) is 25.4 Å². The van der Waals surface area contributed by atoms with Crippen LogP contribution in [-0.4, -0.2) is 24.8 Å². The fourth-order valence-corrected chi connectivity index (χ4v) is 2.89. The van der Waals surface area contributed by atoms with Crippen LogP contribution in [0.25, 0.3) is 5.69 Å². The molecule has 0 atom stereocenters. The summed E-state index contributed by atoms with van der Waals surface area (Å²) in [5.74, 6) is -0.586. The third kappa shape index (κ3) is 4.30. The molecule has 0 saturated carbocycles. The maximum absolute atomic E-state index is 13.1. The highest BCUT2D eigenvalue weighted by molar-refractivity contribution is 6.32. The molecule has 3 rings (SSSR count). The predicted molar refractivity (Wildman–Crippen MR) is 103 cm³/mol. The highest BCUT2D eigenvalue weighted by atomic mass is 35.5. The van der Waals surface area contributed by atoms with Crippen LogP contribution in [0.4, 0.5) is 19.0 Å². The molecule has 0 saturated heterocycles. The molecule has 0 spiro atoms. The number of amides is 1. The Kier molecular flexibility index (Phi) is 5.57. The summed E-state index contributed by atoms with van der Waals surface area (Å²) in [5, 5.41) is 6.60. The summed E-state index contributed by atoms with van der Waals surface area (Å²) in [7, 11) is 1.27. The van der Waals surface area contributed by atoms with Gasteiger partial charge in [-0.25, -0.2) is 9.48 Å². The zero-order valence-electron chi connectivity index (χ0n) is 15.7. The number of hydrogen-bond donors (Lipinski definition) is 1. The zero-order chi connectivity index (χ0) is 22.2. The van der Waals surface area contributed by atoms with Crippen molar-refractivity contribution >= 4 is 23.3 Å². The van der Waals surface area contributed by atoms with Crippen LogP contribution >= 0.6 is 11.6 Å². The van der Waals surface area contributed by atoms with E-state index in [1.807, 2.05) is 0 Å². The van der Waals surface area contributed by atoms with E-state index in [0.717, 1.165) is 38.1 Å². The maximum atomic E-state index is 13.1. The van der Waals surface area contributed by atoms with Gasteiger partial charge in [0.2, 0.25) is 5.91 Å². The molecule has 2 heterocycles. The van der Waals surface area contributed by atoms with Crippen molar-refractivity contribution in [1.29, 1.82) is 0 Å². The Labute approximate surface area is 172 Å². The van der Waals surface area contributed by atoms with Crippen molar-refractivity contribution in [3.05, 3.63) is 73.6 Å². The van der Waals surface area contributed by atoms with Gasteiger partial charge in [0.25, 0.3) is 5.56 Å². The Bertz CT molecular complexity index is 1240. The van der Waals surface area contributed by atoms with E-state index in [1.54, 1.807) is 6.92 Å². The number of benzene rings is 1. The lowest BCUT2D eigenvalue weighted by Crippen LogP contribution is -2.39. The summed E-state index contributed by atoms with van der Waals surface area (Å²) >= 11 is 6.06. The Hall–Kier alpha value is -3.34. The summed E-state index contributed by atoms with van der Waals surface area (Å²) < 4.78 is 42.2. The topological polar surface area (TPSA) is 90.9 Å². The number of rotatable bonds is 4. The van der Waals surface area contributed by atoms with E-state index in [-0.39, 0.29) is 16.5 Å². The minimum absolute atomic E-state index is 0.00382. The molecule has 1 N–H and O–H groups in total. The minimum atomic E-state index is -4.59. The third-order valence-corrected chi connectivity index (χ3v) is 4.49. The predicted octanol–water partition coefficient (Wildman–Crippen LogP) is 2.35. The molecule has 3 aromatic rings. The van der Waals surface area contributed by atoms with E-state index in [4.69, 9.17) is 11.6 Å². The van der Waals surface area contributed by atoms with Gasteiger partial charge in [0.05, 0.1) is 22.0 Å². The van der Waals surface area contributed by atoms with Gasteiger partial charge in [-0.05, 0) is 25.1 Å². The summed E-state index contributed by atoms with van der Waals surface area (Å²) in [4.78, 5) is 35.9. The summed E-state index contributed by atoms with van der Waals surface area (Å²) in [6, 6.07) is 5.32. The van der Waals surface area contributed by atoms with E-state index in [0.29, 0.717) is 5.69 Å². The first kappa shape index (κ1) is 21.4. The van der Waals surface area contributed by atoms with Crippen LogP contribution in [0.5, 0.6) is 0 Å². The van der Waals surface area contributed by atoms with Gasteiger partial charge in [0.1, 0.15) is 12.4 Å². The first-order valence-corrected chi connectivity index (χ1v) is 8.85. The Morgan fingerprint density at radius 3 is 2.57 bits per heavy atom. The van der Waals surface area contributed by atoms with Crippen molar-refractivity contribution in [3.63, 3.8) is 0 Å². The number of nitrogens with one attached hydrogen (secondary N) is 1. The number of aryl methyl sites for hydroxylation is 1. The molecular weight excluding hydrogens is 427 g/mol. The van der Waals surface area contributed by atoms with Crippen molar-refractivity contribution in [3.8, 4) is 5.69 Å². The molecule has 0 aliphatic heterocycles. The average Bonchev–Trinajstić information content (AvgIpc) is 3.01. The van der Waals surface area contributed by atoms with E-state index < -0.39 is 35.4 Å². The summed E-state index contributed by atoms with van der Waals surface area (Å²) in [6.45, 7) is 1.17. The second-order valence-corrected chi connectivity index (χ2v) is 6.83. The SMILES string of the molecule is Cc1cc(NC(=O)Cn2ccc(=O)n(C)c2=O)n(-c2cc(C(F)(F)F)ccc2Cl)n1. The van der Waals surface area contributed by atoms with Crippen LogP contribution in [0.3, 0.4) is 0 Å². The largest absolute Gasteiger partial charge is 0.416 e. The summed E-state index contributed by atoms with van der Waals surface area (Å²) in [6.07, 6.45) is -3.41. The summed E-state index contributed by atoms with van der Waals surface area (Å²) in [5.41, 5.74) is -1.80. The lowest BCUT2D eigenvalue weighted by Gasteiger charge is -2.13. The molecule has 0 aliphatic rings. The number of carbonyl (C=O) groups is 1. The molecule has 0 bridgehead atoms. The lowest BCUT2D eigenvalue weighted by molar-refractivity contribution is -0.137. The molecular formula is C18H15ClF3N5O3. The van der Waals surface area contributed by atoms with Gasteiger partial charge in [0.15, 0.2) is 0 Å². The van der Waals surface area contributed by atoms with Crippen molar-refractivity contribution in [1.82, 2.24) is 18.9 Å². The van der Waals surface area contributed by atoms with Gasteiger partial charge in [-0.3, -0.25) is 18.7 Å². The first-order valence-electron chi connectivity index (χ1n) is 8.47. The average molecular weight is 442 g/mol. The Morgan fingerprint density at radius 1 is 1.20 bits per heavy atom. The first-order chi connectivity index (χ1) is 14.0. The van der Waals surface area contributed by atoms with Crippen LogP contribution in [0.15, 0.2) is 46.1 Å². The van der Waals surface area contributed by atoms with Crippen molar-refractivity contribution in [2.75, 3.05) is 5.32 Å². The number of nitrogens with zero attached hydrogens (tertiary/aromatic N) is 4. The molecule has 0 aliphatic carbocycles. The molecule has 30 heavy (non-hydrogen) atoms. The number of aromatic nitrogens is 4. The smallest absolute Gasteiger partial charge is 0.309 e. The molecule has 0 unspecified atom stereocenters. The number of alkyl halides is 3. The zero-order valence-corrected chi connectivity index (χ0v) is 16.5. The lowest BCUT2D eigenvalue weighted by atomic mass is 10.2. The van der Waals surface area contributed by atoms with Crippen LogP contribution in [0, 0.1) is 6.92 Å². The third-order valence-electron chi connectivity index (χ3n) is 4.17. The fraction of sp³-hybridized carbons (Fsp3) is 0.222. The Morgan fingerprint density at radius 2 is 1.90 bits per heavy atom. The van der Waals surface area contributed by atoms with Crippen LogP contribution in [0.1, 0.15) is 11.3 Å². The fourth-order valence-electron chi connectivity index (χ4n) is 2.70. The molecule has 1 aromatic carbocycles. The standard InChI is InChI=1S/C18H15ClF3N5O3/c1-10-7-14(23-15(28)9-26-6-5-16(29)25(2)17(26)30)27(24-10)13-8-11(18(20,21)22)3-4-12(13)19/h3-8H,9H2,1-2H3,(H,23,28). The maximum Gasteiger partial charge on any atom is 0.416 e. The quantitative estimate of drug-likeness (QED) is 0.673. The molecule has 2 aromatic heterocycles. The highest BCUT2D eigenvalue weighted by Gasteiger charge is 2.31. The minimum Gasteiger partial charge on any atom is -0.309 e. The molecule has 0 radical (unpaired) electrons. The number of anilines is 1. The number of hydrogen-bond acceptors (Lipinski definition) is 4. The van der Waals surface area contributed by atoms with Gasteiger partial charge < -0.3 is 5.32 Å². The Balaban J connectivity index is 1.93. The van der Waals surface area contributed by atoms with Crippen LogP contribution in [0.2, 0.25) is 5.02 Å². The number of halogens is 4. The molecule has 0 fully saturated rings. The van der Waals surface area contributed by atoms with Gasteiger partial charge >= 0.3 is 11.9 Å². The van der Waals surface area contributed by atoms with E-state index in [2.05, 4.69) is 10.4 Å². The van der Waals surface area contributed by atoms with E-state index in [9.17, 15) is 27.6 Å².